The van der Waals surface area contributed by atoms with Crippen LogP contribution in [0.15, 0.2) is 23.4 Å². The van der Waals surface area contributed by atoms with Crippen LogP contribution < -0.4 is 9.47 Å². The number of unbranched alkanes of at least 4 members (excludes halogenated alkanes) is 3. The zero-order valence-electron chi connectivity index (χ0n) is 18.1. The minimum Gasteiger partial charge on any atom is -0.496 e. The molecule has 0 spiro atoms. The van der Waals surface area contributed by atoms with Crippen LogP contribution >= 0.6 is 0 Å². The monoisotopic (exact) mass is 415 g/mol. The van der Waals surface area contributed by atoms with Crippen LogP contribution in [-0.2, 0) is 9.63 Å². The molecule has 0 unspecified atom stereocenters. The number of fused-ring (bicyclic) bond motifs is 1. The third-order valence-electron chi connectivity index (χ3n) is 4.87. The summed E-state index contributed by atoms with van der Waals surface area (Å²) in [6, 6.07) is 1.61. The van der Waals surface area contributed by atoms with Crippen molar-refractivity contribution in [3.05, 3.63) is 34.9 Å². The summed E-state index contributed by atoms with van der Waals surface area (Å²) in [5.74, 6) is -0.614. The van der Waals surface area contributed by atoms with E-state index in [0.717, 1.165) is 32.1 Å². The molecule has 0 N–H and O–H groups in total. The Balaban J connectivity index is 2.51. The number of hydrogen-bond acceptors (Lipinski definition) is 7. The molecule has 162 valence electrons. The number of oxime groups is 1. The van der Waals surface area contributed by atoms with E-state index in [2.05, 4.69) is 12.1 Å². The topological polar surface area (TPSA) is 91.3 Å². The lowest BCUT2D eigenvalue weighted by atomic mass is 9.89. The average Bonchev–Trinajstić information content (AvgIpc) is 2.75. The van der Waals surface area contributed by atoms with E-state index in [1.54, 1.807) is 6.07 Å². The van der Waals surface area contributed by atoms with Gasteiger partial charge in [0.1, 0.15) is 11.5 Å². The van der Waals surface area contributed by atoms with E-state index in [0.29, 0.717) is 24.1 Å². The second kappa shape index (κ2) is 11.3. The van der Waals surface area contributed by atoms with Crippen molar-refractivity contribution in [3.8, 4) is 11.5 Å². The lowest BCUT2D eigenvalue weighted by Crippen LogP contribution is -2.18. The van der Waals surface area contributed by atoms with Gasteiger partial charge < -0.3 is 14.3 Å². The standard InChI is InChI=1S/C23H29NO6/c1-5-7-9-11-20(27)30-24-16(10-8-6-2)15-14-19(28-3)21-17(25)12-13-18(26)22(21)23(15)29-4/h12-14H,5-11H2,1-4H3. The Labute approximate surface area is 177 Å². The number of rotatable bonds is 11. The van der Waals surface area contributed by atoms with E-state index in [1.165, 1.54) is 26.4 Å². The summed E-state index contributed by atoms with van der Waals surface area (Å²) >= 11 is 0. The molecule has 0 aliphatic heterocycles. The molecule has 0 amide bonds. The zero-order chi connectivity index (χ0) is 22.1. The molecular formula is C23H29NO6. The van der Waals surface area contributed by atoms with Crippen LogP contribution in [0, 0.1) is 0 Å². The first-order valence-electron chi connectivity index (χ1n) is 10.3. The van der Waals surface area contributed by atoms with Crippen LogP contribution in [-0.4, -0.2) is 37.5 Å². The summed E-state index contributed by atoms with van der Waals surface area (Å²) in [6.45, 7) is 4.09. The van der Waals surface area contributed by atoms with Gasteiger partial charge in [-0.25, -0.2) is 4.79 Å². The summed E-state index contributed by atoms with van der Waals surface area (Å²) in [7, 11) is 2.86. The van der Waals surface area contributed by atoms with Gasteiger partial charge >= 0.3 is 5.97 Å². The van der Waals surface area contributed by atoms with Crippen molar-refractivity contribution < 1.29 is 28.7 Å². The van der Waals surface area contributed by atoms with Crippen molar-refractivity contribution in [2.45, 2.75) is 58.8 Å². The predicted molar refractivity (Wildman–Crippen MR) is 114 cm³/mol. The summed E-state index contributed by atoms with van der Waals surface area (Å²) in [6.07, 6.45) is 7.62. The molecule has 0 heterocycles. The Bertz CT molecular complexity index is 869. The molecule has 0 saturated heterocycles. The SMILES string of the molecule is CCCCCC(=O)ON=C(CCCC)c1cc(OC)c2c(c1OC)C(=O)C=CC2=O. The van der Waals surface area contributed by atoms with Gasteiger partial charge in [0.2, 0.25) is 0 Å². The Morgan fingerprint density at radius 2 is 1.57 bits per heavy atom. The van der Waals surface area contributed by atoms with Gasteiger partial charge in [-0.2, -0.15) is 0 Å². The second-order valence-corrected chi connectivity index (χ2v) is 7.03. The van der Waals surface area contributed by atoms with E-state index >= 15 is 0 Å². The smallest absolute Gasteiger partial charge is 0.335 e. The largest absolute Gasteiger partial charge is 0.496 e. The second-order valence-electron chi connectivity index (χ2n) is 7.03. The van der Waals surface area contributed by atoms with Crippen LogP contribution in [0.3, 0.4) is 0 Å². The summed E-state index contributed by atoms with van der Waals surface area (Å²) < 4.78 is 10.9. The number of benzene rings is 1. The minimum absolute atomic E-state index is 0.137. The molecule has 0 radical (unpaired) electrons. The third kappa shape index (κ3) is 5.34. The number of methoxy groups -OCH3 is 2. The maximum atomic E-state index is 12.6. The number of carbonyl (C=O) groups is 3. The van der Waals surface area contributed by atoms with Crippen molar-refractivity contribution in [1.82, 2.24) is 0 Å². The van der Waals surface area contributed by atoms with E-state index in [9.17, 15) is 14.4 Å². The van der Waals surface area contributed by atoms with Gasteiger partial charge in [-0.3, -0.25) is 9.59 Å². The number of allylic oxidation sites excluding steroid dienone is 2. The minimum atomic E-state index is -0.407. The van der Waals surface area contributed by atoms with Crippen molar-refractivity contribution in [2.75, 3.05) is 14.2 Å². The van der Waals surface area contributed by atoms with Crippen LogP contribution in [0.1, 0.15) is 85.1 Å². The molecule has 0 atom stereocenters. The molecule has 30 heavy (non-hydrogen) atoms. The Morgan fingerprint density at radius 3 is 2.17 bits per heavy atom. The van der Waals surface area contributed by atoms with Crippen molar-refractivity contribution in [2.24, 2.45) is 5.16 Å². The highest BCUT2D eigenvalue weighted by atomic mass is 16.7. The van der Waals surface area contributed by atoms with Crippen molar-refractivity contribution >= 4 is 23.2 Å². The summed E-state index contributed by atoms with van der Waals surface area (Å²) in [5.41, 5.74) is 1.24. The quantitative estimate of drug-likeness (QED) is 0.226. The predicted octanol–water partition coefficient (Wildman–Crippen LogP) is 4.66. The van der Waals surface area contributed by atoms with E-state index in [-0.39, 0.29) is 34.2 Å². The summed E-state index contributed by atoms with van der Waals surface area (Å²) in [5, 5.41) is 4.10. The molecule has 1 aromatic rings. The lowest BCUT2D eigenvalue weighted by molar-refractivity contribution is -0.143. The van der Waals surface area contributed by atoms with Crippen LogP contribution in [0.4, 0.5) is 0 Å². The van der Waals surface area contributed by atoms with Gasteiger partial charge in [0.05, 0.1) is 31.1 Å². The number of carbonyl (C=O) groups excluding carboxylic acids is 3. The maximum Gasteiger partial charge on any atom is 0.335 e. The normalized spacial score (nSPS) is 13.3. The first-order chi connectivity index (χ1) is 14.5. The van der Waals surface area contributed by atoms with E-state index < -0.39 is 5.97 Å². The molecule has 7 heteroatoms. The van der Waals surface area contributed by atoms with Gasteiger partial charge in [-0.15, -0.1) is 0 Å². The highest BCUT2D eigenvalue weighted by Crippen LogP contribution is 2.38. The van der Waals surface area contributed by atoms with Crippen LogP contribution in [0.5, 0.6) is 11.5 Å². The molecule has 2 rings (SSSR count). The summed E-state index contributed by atoms with van der Waals surface area (Å²) in [4.78, 5) is 42.2. The fourth-order valence-corrected chi connectivity index (χ4v) is 3.27. The van der Waals surface area contributed by atoms with Gasteiger partial charge in [0.15, 0.2) is 11.6 Å². The molecule has 0 saturated carbocycles. The van der Waals surface area contributed by atoms with E-state index in [4.69, 9.17) is 14.3 Å². The van der Waals surface area contributed by atoms with Crippen molar-refractivity contribution in [1.29, 1.82) is 0 Å². The first kappa shape index (κ1) is 23.3. The molecule has 0 aromatic heterocycles. The van der Waals surface area contributed by atoms with Crippen LogP contribution in [0.25, 0.3) is 0 Å². The number of ether oxygens (including phenoxy) is 2. The highest BCUT2D eigenvalue weighted by molar-refractivity contribution is 6.25. The van der Waals surface area contributed by atoms with Gasteiger partial charge in [-0.05, 0) is 37.5 Å². The zero-order valence-corrected chi connectivity index (χ0v) is 18.1. The molecular weight excluding hydrogens is 386 g/mol. The maximum absolute atomic E-state index is 12.6. The van der Waals surface area contributed by atoms with Gasteiger partial charge in [-0.1, -0.05) is 38.3 Å². The molecule has 1 aliphatic carbocycles. The third-order valence-corrected chi connectivity index (χ3v) is 4.87. The van der Waals surface area contributed by atoms with Gasteiger partial charge in [0.25, 0.3) is 0 Å². The number of hydrogen-bond donors (Lipinski definition) is 0. The molecule has 1 aromatic carbocycles. The number of ketones is 2. The fourth-order valence-electron chi connectivity index (χ4n) is 3.27. The Morgan fingerprint density at radius 1 is 0.900 bits per heavy atom. The molecule has 0 bridgehead atoms. The van der Waals surface area contributed by atoms with E-state index in [1.807, 2.05) is 6.92 Å². The first-order valence-corrected chi connectivity index (χ1v) is 10.3. The Kier molecular flexibility index (Phi) is 8.77. The number of nitrogens with zero attached hydrogens (tertiary/aromatic N) is 1. The highest BCUT2D eigenvalue weighted by Gasteiger charge is 2.31. The fraction of sp³-hybridized carbons (Fsp3) is 0.478. The Hall–Kier alpha value is -2.96. The van der Waals surface area contributed by atoms with Crippen LogP contribution in [0.2, 0.25) is 0 Å². The lowest BCUT2D eigenvalue weighted by Gasteiger charge is -2.20. The van der Waals surface area contributed by atoms with Crippen molar-refractivity contribution in [3.63, 3.8) is 0 Å². The van der Waals surface area contributed by atoms with Gasteiger partial charge in [0, 0.05) is 12.0 Å². The molecule has 0 fully saturated rings. The average molecular weight is 415 g/mol. The molecule has 1 aliphatic rings. The molecule has 7 nitrogen and oxygen atoms in total.